The molecule has 33 heavy (non-hydrogen) atoms. The molecule has 0 aliphatic carbocycles. The van der Waals surface area contributed by atoms with Gasteiger partial charge in [0.2, 0.25) is 5.82 Å². The number of halogens is 4. The Hall–Kier alpha value is -4.33. The quantitative estimate of drug-likeness (QED) is 0.309. The molecule has 1 aliphatic rings. The van der Waals surface area contributed by atoms with Gasteiger partial charge >= 0.3 is 6.18 Å². The third kappa shape index (κ3) is 4.23. The number of nitrogens with zero attached hydrogens (tertiary/aromatic N) is 4. The minimum absolute atomic E-state index is 0.0683. The van der Waals surface area contributed by atoms with Crippen LogP contribution in [-0.4, -0.2) is 33.0 Å². The number of H-pyrrole nitrogens is 1. The van der Waals surface area contributed by atoms with Gasteiger partial charge in [-0.15, -0.1) is 0 Å². The molecule has 0 unspecified atom stereocenters. The Kier molecular flexibility index (Phi) is 5.51. The van der Waals surface area contributed by atoms with Crippen molar-refractivity contribution in [1.82, 2.24) is 15.0 Å². The topological polar surface area (TPSA) is 128 Å². The van der Waals surface area contributed by atoms with E-state index in [0.717, 1.165) is 18.0 Å². The van der Waals surface area contributed by atoms with Gasteiger partial charge in [0.25, 0.3) is 0 Å². The molecule has 1 aromatic carbocycles. The number of hydrogen-bond donors (Lipinski definition) is 3. The van der Waals surface area contributed by atoms with Crippen molar-refractivity contribution in [3.63, 3.8) is 0 Å². The molecule has 3 heterocycles. The van der Waals surface area contributed by atoms with E-state index in [9.17, 15) is 22.8 Å². The maximum Gasteiger partial charge on any atom is 0.451 e. The van der Waals surface area contributed by atoms with Gasteiger partial charge in [0.05, 0.1) is 23.5 Å². The molecule has 0 saturated carbocycles. The van der Waals surface area contributed by atoms with Gasteiger partial charge in [-0.05, 0) is 23.8 Å². The zero-order valence-corrected chi connectivity index (χ0v) is 16.8. The van der Waals surface area contributed by atoms with E-state index in [4.69, 9.17) is 11.1 Å². The minimum Gasteiger partial charge on any atom is -0.382 e. The molecule has 166 valence electrons. The largest absolute Gasteiger partial charge is 0.451 e. The second-order valence-corrected chi connectivity index (χ2v) is 7.21. The first-order valence-corrected chi connectivity index (χ1v) is 9.56. The Labute approximate surface area is 184 Å². The van der Waals surface area contributed by atoms with Crippen LogP contribution in [0.4, 0.5) is 17.6 Å². The van der Waals surface area contributed by atoms with E-state index < -0.39 is 23.7 Å². The third-order valence-electron chi connectivity index (χ3n) is 5.00. The molecule has 0 spiro atoms. The van der Waals surface area contributed by atoms with Crippen LogP contribution in [0.1, 0.15) is 28.3 Å². The standard InChI is InChI=1S/C22H15F4N7/c23-15-4-2-1-3-13(15)16-5-11(8-30-16)6-17-14(7-27)18(19(33-17)20(28)29)12-9-31-21(32-10-12)22(24,25)26/h1-5,9-10,33H,6,8H2,(H3,28,29). The highest BCUT2D eigenvalue weighted by Gasteiger charge is 2.34. The van der Waals surface area contributed by atoms with Crippen molar-refractivity contribution in [2.45, 2.75) is 12.6 Å². The number of rotatable bonds is 5. The van der Waals surface area contributed by atoms with Crippen LogP contribution < -0.4 is 5.73 Å². The molecule has 0 amide bonds. The monoisotopic (exact) mass is 453 g/mol. The average Bonchev–Trinajstić information content (AvgIpc) is 3.38. The third-order valence-corrected chi connectivity index (χ3v) is 5.00. The Morgan fingerprint density at radius 2 is 1.91 bits per heavy atom. The van der Waals surface area contributed by atoms with Gasteiger partial charge in [-0.1, -0.05) is 12.1 Å². The number of nitrogen functional groups attached to an aromatic ring is 1. The number of allylic oxidation sites excluding steroid dienone is 1. The van der Waals surface area contributed by atoms with Gasteiger partial charge in [0, 0.05) is 41.2 Å². The van der Waals surface area contributed by atoms with Gasteiger partial charge in [-0.2, -0.15) is 18.4 Å². The van der Waals surface area contributed by atoms with E-state index in [-0.39, 0.29) is 35.3 Å². The molecule has 0 radical (unpaired) electrons. The number of hydrogen-bond acceptors (Lipinski definition) is 5. The lowest BCUT2D eigenvalue weighted by Crippen LogP contribution is -2.14. The van der Waals surface area contributed by atoms with E-state index in [1.54, 1.807) is 24.3 Å². The summed E-state index contributed by atoms with van der Waals surface area (Å²) < 4.78 is 52.5. The van der Waals surface area contributed by atoms with Crippen molar-refractivity contribution in [3.8, 4) is 17.2 Å². The lowest BCUT2D eigenvalue weighted by atomic mass is 10.00. The van der Waals surface area contributed by atoms with Crippen LogP contribution in [0.25, 0.3) is 11.1 Å². The smallest absolute Gasteiger partial charge is 0.382 e. The Balaban J connectivity index is 1.70. The summed E-state index contributed by atoms with van der Waals surface area (Å²) in [5.41, 5.74) is 8.06. The van der Waals surface area contributed by atoms with Crippen molar-refractivity contribution < 1.29 is 17.6 Å². The zero-order valence-electron chi connectivity index (χ0n) is 16.8. The second-order valence-electron chi connectivity index (χ2n) is 7.21. The van der Waals surface area contributed by atoms with Gasteiger partial charge in [-0.3, -0.25) is 10.4 Å². The van der Waals surface area contributed by atoms with E-state index in [1.165, 1.54) is 6.07 Å². The van der Waals surface area contributed by atoms with Crippen LogP contribution in [0.2, 0.25) is 0 Å². The zero-order chi connectivity index (χ0) is 23.8. The van der Waals surface area contributed by atoms with Crippen LogP contribution in [0.3, 0.4) is 0 Å². The molecule has 0 saturated heterocycles. The number of nitriles is 1. The molecule has 2 aromatic heterocycles. The van der Waals surface area contributed by atoms with E-state index in [1.807, 2.05) is 6.07 Å². The molecule has 0 fully saturated rings. The highest BCUT2D eigenvalue weighted by atomic mass is 19.4. The lowest BCUT2D eigenvalue weighted by Gasteiger charge is -2.06. The molecule has 1 aliphatic heterocycles. The van der Waals surface area contributed by atoms with Gasteiger partial charge in [0.15, 0.2) is 0 Å². The fourth-order valence-corrected chi connectivity index (χ4v) is 3.54. The van der Waals surface area contributed by atoms with Crippen molar-refractivity contribution in [2.75, 3.05) is 6.54 Å². The number of benzene rings is 1. The van der Waals surface area contributed by atoms with Crippen LogP contribution in [0.15, 0.2) is 53.3 Å². The first-order valence-electron chi connectivity index (χ1n) is 9.56. The number of aromatic amines is 1. The summed E-state index contributed by atoms with van der Waals surface area (Å²) >= 11 is 0. The predicted octanol–water partition coefficient (Wildman–Crippen LogP) is 3.76. The SMILES string of the molecule is N#Cc1c(CC2=CC(c3ccccc3F)=NC2)[nH]c(C(=N)N)c1-c1cnc(C(F)(F)F)nc1. The van der Waals surface area contributed by atoms with Crippen molar-refractivity contribution in [2.24, 2.45) is 10.7 Å². The molecule has 3 aromatic rings. The molecule has 0 atom stereocenters. The summed E-state index contributed by atoms with van der Waals surface area (Å²) in [6.07, 6.45) is -0.913. The van der Waals surface area contributed by atoms with Crippen molar-refractivity contribution in [3.05, 3.63) is 82.5 Å². The maximum atomic E-state index is 14.1. The summed E-state index contributed by atoms with van der Waals surface area (Å²) in [4.78, 5) is 13.9. The Morgan fingerprint density at radius 3 is 2.52 bits per heavy atom. The number of amidine groups is 1. The number of aliphatic imine (C=N–C) groups is 1. The van der Waals surface area contributed by atoms with Crippen LogP contribution in [0, 0.1) is 22.6 Å². The Bertz CT molecular complexity index is 1340. The highest BCUT2D eigenvalue weighted by Crippen LogP contribution is 2.32. The molecule has 7 nitrogen and oxygen atoms in total. The second kappa shape index (κ2) is 8.31. The summed E-state index contributed by atoms with van der Waals surface area (Å²) in [5, 5.41) is 17.6. The van der Waals surface area contributed by atoms with Crippen LogP contribution in [0.5, 0.6) is 0 Å². The molecule has 0 bridgehead atoms. The first-order chi connectivity index (χ1) is 15.7. The fourth-order valence-electron chi connectivity index (χ4n) is 3.54. The Morgan fingerprint density at radius 1 is 1.21 bits per heavy atom. The first kappa shape index (κ1) is 21.9. The average molecular weight is 453 g/mol. The number of aromatic nitrogens is 3. The van der Waals surface area contributed by atoms with Crippen molar-refractivity contribution in [1.29, 1.82) is 10.7 Å². The van der Waals surface area contributed by atoms with Crippen molar-refractivity contribution >= 4 is 11.5 Å². The van der Waals surface area contributed by atoms with E-state index in [2.05, 4.69) is 19.9 Å². The lowest BCUT2D eigenvalue weighted by molar-refractivity contribution is -0.144. The highest BCUT2D eigenvalue weighted by molar-refractivity contribution is 6.10. The summed E-state index contributed by atoms with van der Waals surface area (Å²) in [6, 6.07) is 8.24. The summed E-state index contributed by atoms with van der Waals surface area (Å²) in [7, 11) is 0. The summed E-state index contributed by atoms with van der Waals surface area (Å²) in [5.74, 6) is -2.13. The minimum atomic E-state index is -4.71. The molecular weight excluding hydrogens is 438 g/mol. The van der Waals surface area contributed by atoms with Gasteiger partial charge < -0.3 is 10.7 Å². The molecular formula is C22H15F4N7. The molecule has 4 N–H and O–H groups in total. The van der Waals surface area contributed by atoms with Crippen LogP contribution in [-0.2, 0) is 12.6 Å². The van der Waals surface area contributed by atoms with Gasteiger partial charge in [0.1, 0.15) is 17.7 Å². The van der Waals surface area contributed by atoms with E-state index in [0.29, 0.717) is 17.0 Å². The normalized spacial score (nSPS) is 13.4. The maximum absolute atomic E-state index is 14.1. The summed E-state index contributed by atoms with van der Waals surface area (Å²) in [6.45, 7) is 0.279. The van der Waals surface area contributed by atoms with Gasteiger partial charge in [-0.25, -0.2) is 14.4 Å². The molecule has 11 heteroatoms. The molecule has 4 rings (SSSR count). The predicted molar refractivity (Wildman–Crippen MR) is 112 cm³/mol. The number of alkyl halides is 3. The van der Waals surface area contributed by atoms with Crippen LogP contribution >= 0.6 is 0 Å². The fraction of sp³-hybridized carbons (Fsp3) is 0.136. The number of nitrogens with two attached hydrogens (primary N) is 1. The number of nitrogens with one attached hydrogen (secondary N) is 2. The van der Waals surface area contributed by atoms with E-state index >= 15 is 0 Å².